The largest absolute Gasteiger partial charge is 0.452 e. The average molecular weight is 405 g/mol. The first-order chi connectivity index (χ1) is 14.0. The third-order valence-electron chi connectivity index (χ3n) is 4.60. The van der Waals surface area contributed by atoms with Crippen LogP contribution in [0.4, 0.5) is 0 Å². The van der Waals surface area contributed by atoms with Crippen molar-refractivity contribution in [2.24, 2.45) is 0 Å². The van der Waals surface area contributed by atoms with Crippen LogP contribution in [-0.2, 0) is 11.2 Å². The van der Waals surface area contributed by atoms with Gasteiger partial charge in [-0.1, -0.05) is 54.1 Å². The van der Waals surface area contributed by atoms with Gasteiger partial charge >= 0.3 is 5.97 Å². The average Bonchev–Trinajstić information content (AvgIpc) is 3.01. The number of hydrogen-bond acceptors (Lipinski definition) is 4. The minimum absolute atomic E-state index is 0.164. The van der Waals surface area contributed by atoms with Gasteiger partial charge in [0.2, 0.25) is 5.78 Å². The highest BCUT2D eigenvalue weighted by atomic mass is 35.5. The van der Waals surface area contributed by atoms with Crippen LogP contribution < -0.4 is 9.47 Å². The molecule has 29 heavy (non-hydrogen) atoms. The maximum absolute atomic E-state index is 12.7. The highest BCUT2D eigenvalue weighted by Crippen LogP contribution is 2.39. The van der Waals surface area contributed by atoms with E-state index in [0.29, 0.717) is 27.6 Å². The lowest BCUT2D eigenvalue weighted by Gasteiger charge is -2.10. The quantitative estimate of drug-likeness (QED) is 0.331. The number of esters is 1. The Morgan fingerprint density at radius 2 is 1.86 bits per heavy atom. The summed E-state index contributed by atoms with van der Waals surface area (Å²) in [6.07, 6.45) is 1.81. The van der Waals surface area contributed by atoms with Crippen molar-refractivity contribution in [3.63, 3.8) is 0 Å². The second-order valence-corrected chi connectivity index (χ2v) is 7.13. The Bertz CT molecular complexity index is 1130. The summed E-state index contributed by atoms with van der Waals surface area (Å²) >= 11 is 6.00. The molecule has 0 saturated heterocycles. The van der Waals surface area contributed by atoms with Gasteiger partial charge in [0.1, 0.15) is 11.5 Å². The number of rotatable bonds is 4. The third kappa shape index (κ3) is 4.08. The fourth-order valence-corrected chi connectivity index (χ4v) is 3.35. The second kappa shape index (κ2) is 7.94. The second-order valence-electron chi connectivity index (χ2n) is 6.70. The van der Waals surface area contributed by atoms with E-state index in [2.05, 4.69) is 0 Å². The number of benzene rings is 3. The van der Waals surface area contributed by atoms with E-state index in [-0.39, 0.29) is 23.9 Å². The van der Waals surface area contributed by atoms with Gasteiger partial charge in [-0.2, -0.15) is 0 Å². The van der Waals surface area contributed by atoms with Crippen LogP contribution in [0, 0.1) is 6.92 Å². The number of allylic oxidation sites excluding steroid dienone is 1. The van der Waals surface area contributed by atoms with Gasteiger partial charge in [0, 0.05) is 10.6 Å². The number of halogens is 1. The smallest absolute Gasteiger partial charge is 0.315 e. The fourth-order valence-electron chi connectivity index (χ4n) is 3.15. The van der Waals surface area contributed by atoms with Crippen LogP contribution in [0.5, 0.6) is 11.5 Å². The first-order valence-electron chi connectivity index (χ1n) is 9.09. The number of Topliss-reactive ketones (excluding diaryl/α,β-unsaturated/α-hetero) is 1. The molecule has 4 rings (SSSR count). The minimum Gasteiger partial charge on any atom is -0.452 e. The molecule has 1 aliphatic heterocycles. The normalized spacial score (nSPS) is 13.9. The van der Waals surface area contributed by atoms with Crippen LogP contribution in [0.25, 0.3) is 6.08 Å². The van der Waals surface area contributed by atoms with E-state index >= 15 is 0 Å². The summed E-state index contributed by atoms with van der Waals surface area (Å²) in [4.78, 5) is 25.0. The van der Waals surface area contributed by atoms with Crippen molar-refractivity contribution in [2.45, 2.75) is 13.3 Å². The maximum Gasteiger partial charge on any atom is 0.315 e. The van der Waals surface area contributed by atoms with E-state index in [1.54, 1.807) is 43.3 Å². The zero-order chi connectivity index (χ0) is 20.4. The van der Waals surface area contributed by atoms with E-state index in [9.17, 15) is 9.59 Å². The van der Waals surface area contributed by atoms with Crippen LogP contribution in [0.15, 0.2) is 72.5 Å². The molecular formula is C24H17ClO4. The van der Waals surface area contributed by atoms with Crippen molar-refractivity contribution in [3.05, 3.63) is 99.8 Å². The number of fused-ring (bicyclic) bond motifs is 1. The summed E-state index contributed by atoms with van der Waals surface area (Å²) in [6.45, 7) is 1.76. The van der Waals surface area contributed by atoms with Crippen LogP contribution >= 0.6 is 11.6 Å². The molecule has 3 aromatic rings. The molecule has 0 atom stereocenters. The van der Waals surface area contributed by atoms with Gasteiger partial charge in [0.25, 0.3) is 0 Å². The molecule has 0 N–H and O–H groups in total. The lowest BCUT2D eigenvalue weighted by Crippen LogP contribution is -2.12. The summed E-state index contributed by atoms with van der Waals surface area (Å²) in [6, 6.07) is 19.8. The van der Waals surface area contributed by atoms with Crippen LogP contribution in [0.1, 0.15) is 27.0 Å². The van der Waals surface area contributed by atoms with Crippen molar-refractivity contribution in [1.82, 2.24) is 0 Å². The summed E-state index contributed by atoms with van der Waals surface area (Å²) in [5.41, 5.74) is 2.68. The molecule has 5 heteroatoms. The molecule has 0 aliphatic carbocycles. The van der Waals surface area contributed by atoms with E-state index in [1.807, 2.05) is 36.4 Å². The molecule has 0 amide bonds. The van der Waals surface area contributed by atoms with Gasteiger partial charge in [0.05, 0.1) is 12.0 Å². The van der Waals surface area contributed by atoms with E-state index in [1.165, 1.54) is 0 Å². The molecule has 0 radical (unpaired) electrons. The molecule has 0 aromatic heterocycles. The fraction of sp³-hybridized carbons (Fsp3) is 0.0833. The molecule has 1 heterocycles. The molecule has 0 unspecified atom stereocenters. The summed E-state index contributed by atoms with van der Waals surface area (Å²) < 4.78 is 11.3. The third-order valence-corrected chi connectivity index (χ3v) is 4.83. The van der Waals surface area contributed by atoms with Crippen LogP contribution in [-0.4, -0.2) is 11.8 Å². The Morgan fingerprint density at radius 3 is 2.62 bits per heavy atom. The number of hydrogen-bond donors (Lipinski definition) is 0. The number of carbonyl (C=O) groups is 2. The number of ketones is 1. The van der Waals surface area contributed by atoms with E-state index < -0.39 is 0 Å². The number of carbonyl (C=O) groups excluding carboxylic acids is 2. The summed E-state index contributed by atoms with van der Waals surface area (Å²) in [7, 11) is 0. The molecule has 4 nitrogen and oxygen atoms in total. The lowest BCUT2D eigenvalue weighted by molar-refractivity contribution is -0.133. The Kier molecular flexibility index (Phi) is 5.19. The predicted molar refractivity (Wildman–Crippen MR) is 111 cm³/mol. The monoisotopic (exact) mass is 404 g/mol. The number of ether oxygens (including phenoxy) is 2. The van der Waals surface area contributed by atoms with Gasteiger partial charge in [0.15, 0.2) is 5.76 Å². The first-order valence-corrected chi connectivity index (χ1v) is 9.47. The van der Waals surface area contributed by atoms with Crippen molar-refractivity contribution in [1.29, 1.82) is 0 Å². The van der Waals surface area contributed by atoms with Gasteiger partial charge in [-0.15, -0.1) is 0 Å². The maximum atomic E-state index is 12.7. The Morgan fingerprint density at radius 1 is 1.07 bits per heavy atom. The molecule has 144 valence electrons. The molecule has 0 bridgehead atoms. The van der Waals surface area contributed by atoms with Crippen molar-refractivity contribution < 1.29 is 19.1 Å². The lowest BCUT2D eigenvalue weighted by atomic mass is 10.1. The molecule has 0 spiro atoms. The Balaban J connectivity index is 1.56. The molecule has 0 fully saturated rings. The minimum atomic E-state index is -0.377. The molecule has 1 aliphatic rings. The van der Waals surface area contributed by atoms with Crippen molar-refractivity contribution in [3.8, 4) is 11.5 Å². The zero-order valence-electron chi connectivity index (χ0n) is 15.6. The topological polar surface area (TPSA) is 52.6 Å². The summed E-state index contributed by atoms with van der Waals surface area (Å²) in [5.74, 6) is 0.399. The van der Waals surface area contributed by atoms with Crippen LogP contribution in [0.2, 0.25) is 5.02 Å². The Labute approximate surface area is 173 Å². The highest BCUT2D eigenvalue weighted by molar-refractivity contribution is 6.30. The van der Waals surface area contributed by atoms with Crippen molar-refractivity contribution >= 4 is 29.4 Å². The van der Waals surface area contributed by atoms with Crippen molar-refractivity contribution in [2.75, 3.05) is 0 Å². The molecule has 3 aromatic carbocycles. The standard InChI is InChI=1S/C24H17ClO4/c1-15-20(28-22(26)14-16-6-3-2-4-7-16)11-10-19-23(27)21(29-24(15)19)13-17-8-5-9-18(25)12-17/h2-13H,14H2,1H3/b21-13-. The summed E-state index contributed by atoms with van der Waals surface area (Å²) in [5, 5.41) is 0.575. The van der Waals surface area contributed by atoms with Gasteiger partial charge in [-0.3, -0.25) is 9.59 Å². The van der Waals surface area contributed by atoms with E-state index in [0.717, 1.165) is 11.1 Å². The molecular weight excluding hydrogens is 388 g/mol. The van der Waals surface area contributed by atoms with Gasteiger partial charge in [-0.05, 0) is 48.4 Å². The SMILES string of the molecule is Cc1c(OC(=O)Cc2ccccc2)ccc2c1O/C(=C\c1cccc(Cl)c1)C2=O. The van der Waals surface area contributed by atoms with E-state index in [4.69, 9.17) is 21.1 Å². The van der Waals surface area contributed by atoms with Gasteiger partial charge in [-0.25, -0.2) is 0 Å². The highest BCUT2D eigenvalue weighted by Gasteiger charge is 2.30. The Hall–Kier alpha value is -3.37. The van der Waals surface area contributed by atoms with Crippen LogP contribution in [0.3, 0.4) is 0 Å². The van der Waals surface area contributed by atoms with Gasteiger partial charge < -0.3 is 9.47 Å². The first kappa shape index (κ1) is 19.0. The zero-order valence-corrected chi connectivity index (χ0v) is 16.4. The predicted octanol–water partition coefficient (Wildman–Crippen LogP) is 5.41. The molecule has 0 saturated carbocycles.